The second kappa shape index (κ2) is 9.97. The molecule has 6 nitrogen and oxygen atoms in total. The summed E-state index contributed by atoms with van der Waals surface area (Å²) in [5.74, 6) is -0.132. The van der Waals surface area contributed by atoms with Crippen molar-refractivity contribution in [2.75, 3.05) is 18.5 Å². The molecule has 140 valence electrons. The van der Waals surface area contributed by atoms with E-state index in [2.05, 4.69) is 26.2 Å². The molecule has 0 bridgehead atoms. The van der Waals surface area contributed by atoms with Gasteiger partial charge in [0.2, 0.25) is 5.91 Å². The zero-order chi connectivity index (χ0) is 19.0. The molecule has 1 heterocycles. The number of hydrogen-bond acceptors (Lipinski definition) is 5. The number of halogens is 1. The highest BCUT2D eigenvalue weighted by Gasteiger charge is 2.23. The minimum Gasteiger partial charge on any atom is -0.326 e. The van der Waals surface area contributed by atoms with E-state index in [9.17, 15) is 9.36 Å². The Morgan fingerprint density at radius 2 is 1.77 bits per heavy atom. The number of nitrogens with zero attached hydrogens (tertiary/aromatic N) is 1. The van der Waals surface area contributed by atoms with E-state index in [0.717, 1.165) is 15.6 Å². The van der Waals surface area contributed by atoms with Gasteiger partial charge in [-0.1, -0.05) is 12.1 Å². The van der Waals surface area contributed by atoms with Gasteiger partial charge in [0.25, 0.3) is 0 Å². The van der Waals surface area contributed by atoms with Crippen molar-refractivity contribution in [2.24, 2.45) is 0 Å². The second-order valence-corrected chi connectivity index (χ2v) is 8.51. The lowest BCUT2D eigenvalue weighted by molar-refractivity contribution is -0.115. The number of aromatic nitrogens is 1. The Balaban J connectivity index is 1.96. The van der Waals surface area contributed by atoms with Crippen LogP contribution >= 0.6 is 23.5 Å². The Kier molecular flexibility index (Phi) is 7.97. The Morgan fingerprint density at radius 1 is 1.12 bits per heavy atom. The van der Waals surface area contributed by atoms with Crippen LogP contribution < -0.4 is 5.32 Å². The van der Waals surface area contributed by atoms with E-state index >= 15 is 0 Å². The molecule has 0 aliphatic carbocycles. The summed E-state index contributed by atoms with van der Waals surface area (Å²) in [7, 11) is -3.13. The van der Waals surface area contributed by atoms with Gasteiger partial charge >= 0.3 is 7.60 Å². The van der Waals surface area contributed by atoms with Crippen LogP contribution in [0.25, 0.3) is 0 Å². The number of hydrogen-bond donors (Lipinski definition) is 1. The first-order chi connectivity index (χ1) is 12.4. The Bertz CT molecular complexity index is 773. The largest absolute Gasteiger partial charge is 0.335 e. The molecule has 0 radical (unpaired) electrons. The van der Waals surface area contributed by atoms with Gasteiger partial charge in [0.1, 0.15) is 0 Å². The Morgan fingerprint density at radius 3 is 2.35 bits per heavy atom. The summed E-state index contributed by atoms with van der Waals surface area (Å²) in [6, 6.07) is 9.01. The quantitative estimate of drug-likeness (QED) is 0.567. The second-order valence-electron chi connectivity index (χ2n) is 5.54. The SMILES string of the molecule is CCOP(=O)(Cc1ccc(NC(=O)Cc2cncc(Br)c2)cc1)OCC. The van der Waals surface area contributed by atoms with Gasteiger partial charge in [0.05, 0.1) is 25.8 Å². The molecule has 2 rings (SSSR count). The van der Waals surface area contributed by atoms with Gasteiger partial charge in [-0.3, -0.25) is 14.3 Å². The first-order valence-corrected chi connectivity index (χ1v) is 10.8. The molecule has 0 saturated carbocycles. The predicted octanol–water partition coefficient (Wildman–Crippen LogP) is 4.79. The fourth-order valence-corrected chi connectivity index (χ4v) is 4.50. The molecular weight excluding hydrogens is 419 g/mol. The van der Waals surface area contributed by atoms with Gasteiger partial charge in [-0.25, -0.2) is 0 Å². The molecule has 2 aromatic rings. The van der Waals surface area contributed by atoms with Gasteiger partial charge in [-0.15, -0.1) is 0 Å². The molecule has 0 fully saturated rings. The van der Waals surface area contributed by atoms with Crippen molar-refractivity contribution in [1.82, 2.24) is 4.98 Å². The minimum atomic E-state index is -3.13. The van der Waals surface area contributed by atoms with Crippen LogP contribution in [0.2, 0.25) is 0 Å². The van der Waals surface area contributed by atoms with Crippen molar-refractivity contribution in [3.8, 4) is 0 Å². The zero-order valence-electron chi connectivity index (χ0n) is 14.8. The highest BCUT2D eigenvalue weighted by molar-refractivity contribution is 9.10. The van der Waals surface area contributed by atoms with Crippen LogP contribution in [0.3, 0.4) is 0 Å². The van der Waals surface area contributed by atoms with Crippen molar-refractivity contribution in [2.45, 2.75) is 26.4 Å². The Labute approximate surface area is 162 Å². The van der Waals surface area contributed by atoms with E-state index in [1.807, 2.05) is 6.07 Å². The number of amides is 1. The third-order valence-electron chi connectivity index (χ3n) is 3.39. The highest BCUT2D eigenvalue weighted by Crippen LogP contribution is 2.51. The number of carbonyl (C=O) groups excluding carboxylic acids is 1. The molecular formula is C18H22BrN2O4P. The predicted molar refractivity (Wildman–Crippen MR) is 105 cm³/mol. The van der Waals surface area contributed by atoms with E-state index in [1.165, 1.54) is 0 Å². The molecule has 0 unspecified atom stereocenters. The monoisotopic (exact) mass is 440 g/mol. The molecule has 1 N–H and O–H groups in total. The maximum absolute atomic E-state index is 12.6. The third kappa shape index (κ3) is 6.65. The highest BCUT2D eigenvalue weighted by atomic mass is 79.9. The molecule has 1 aromatic heterocycles. The van der Waals surface area contributed by atoms with Crippen molar-refractivity contribution >= 4 is 35.1 Å². The molecule has 1 amide bonds. The summed E-state index contributed by atoms with van der Waals surface area (Å²) in [6.45, 7) is 4.22. The first kappa shape index (κ1) is 20.8. The summed E-state index contributed by atoms with van der Waals surface area (Å²) in [4.78, 5) is 16.2. The van der Waals surface area contributed by atoms with E-state index in [1.54, 1.807) is 50.5 Å². The van der Waals surface area contributed by atoms with Crippen LogP contribution in [-0.4, -0.2) is 24.1 Å². The first-order valence-electron chi connectivity index (χ1n) is 8.30. The van der Waals surface area contributed by atoms with Gasteiger partial charge in [-0.2, -0.15) is 0 Å². The number of rotatable bonds is 9. The number of nitrogens with one attached hydrogen (secondary N) is 1. The fourth-order valence-electron chi connectivity index (χ4n) is 2.38. The molecule has 0 atom stereocenters. The topological polar surface area (TPSA) is 77.5 Å². The molecule has 0 aliphatic rings. The lowest BCUT2D eigenvalue weighted by Crippen LogP contribution is -2.14. The van der Waals surface area contributed by atoms with Crippen LogP contribution in [0.1, 0.15) is 25.0 Å². The van der Waals surface area contributed by atoms with Gasteiger partial charge in [0.15, 0.2) is 0 Å². The van der Waals surface area contributed by atoms with Crippen molar-refractivity contribution in [3.63, 3.8) is 0 Å². The number of anilines is 1. The number of pyridine rings is 1. The van der Waals surface area contributed by atoms with Gasteiger partial charge in [-0.05, 0) is 59.1 Å². The fraction of sp³-hybridized carbons (Fsp3) is 0.333. The normalized spacial score (nSPS) is 11.3. The van der Waals surface area contributed by atoms with E-state index in [0.29, 0.717) is 18.9 Å². The summed E-state index contributed by atoms with van der Waals surface area (Å²) in [5, 5.41) is 2.84. The smallest absolute Gasteiger partial charge is 0.326 e. The van der Waals surface area contributed by atoms with E-state index < -0.39 is 7.60 Å². The molecule has 0 spiro atoms. The zero-order valence-corrected chi connectivity index (χ0v) is 17.3. The molecule has 26 heavy (non-hydrogen) atoms. The van der Waals surface area contributed by atoms with Crippen LogP contribution in [-0.2, 0) is 31.0 Å². The third-order valence-corrected chi connectivity index (χ3v) is 5.88. The van der Waals surface area contributed by atoms with E-state index in [4.69, 9.17) is 9.05 Å². The number of carbonyl (C=O) groups is 1. The lowest BCUT2D eigenvalue weighted by Gasteiger charge is -2.17. The van der Waals surface area contributed by atoms with Crippen molar-refractivity contribution in [1.29, 1.82) is 0 Å². The van der Waals surface area contributed by atoms with Crippen molar-refractivity contribution in [3.05, 3.63) is 58.3 Å². The van der Waals surface area contributed by atoms with Crippen molar-refractivity contribution < 1.29 is 18.4 Å². The average molecular weight is 441 g/mol. The maximum atomic E-state index is 12.6. The van der Waals surface area contributed by atoms with Crippen LogP contribution in [0.4, 0.5) is 5.69 Å². The lowest BCUT2D eigenvalue weighted by atomic mass is 10.2. The summed E-state index contributed by atoms with van der Waals surface area (Å²) < 4.78 is 24.0. The molecule has 0 aliphatic heterocycles. The molecule has 1 aromatic carbocycles. The summed E-state index contributed by atoms with van der Waals surface area (Å²) in [6.07, 6.45) is 3.76. The molecule has 8 heteroatoms. The van der Waals surface area contributed by atoms with E-state index in [-0.39, 0.29) is 18.5 Å². The van der Waals surface area contributed by atoms with Gasteiger partial charge < -0.3 is 14.4 Å². The van der Waals surface area contributed by atoms with Crippen LogP contribution in [0, 0.1) is 0 Å². The standard InChI is InChI=1S/C18H22BrN2O4P/c1-3-24-26(23,25-4-2)13-14-5-7-17(8-6-14)21-18(22)10-15-9-16(19)12-20-11-15/h5-9,11-12H,3-4,10,13H2,1-2H3,(H,21,22). The average Bonchev–Trinajstić information content (AvgIpc) is 2.57. The number of benzene rings is 1. The van der Waals surface area contributed by atoms with Crippen LogP contribution in [0.15, 0.2) is 47.2 Å². The summed E-state index contributed by atoms with van der Waals surface area (Å²) in [5.41, 5.74) is 2.32. The van der Waals surface area contributed by atoms with Crippen LogP contribution in [0.5, 0.6) is 0 Å². The molecule has 0 saturated heterocycles. The maximum Gasteiger partial charge on any atom is 0.335 e. The summed E-state index contributed by atoms with van der Waals surface area (Å²) >= 11 is 3.34. The Hall–Kier alpha value is -1.53. The minimum absolute atomic E-state index is 0.132. The van der Waals surface area contributed by atoms with Gasteiger partial charge in [0, 0.05) is 22.6 Å².